The SMILES string of the molecule is NC(=O)CNC(=O)c1ccc(CNC(=O)c2cc(S(=O)(=O)NC3CC3)c(Cl)cc2Cl)cc1. The van der Waals surface area contributed by atoms with Crippen LogP contribution in [-0.4, -0.2) is 38.7 Å². The summed E-state index contributed by atoms with van der Waals surface area (Å²) < 4.78 is 27.5. The van der Waals surface area contributed by atoms with Crippen molar-refractivity contribution in [1.82, 2.24) is 15.4 Å². The highest BCUT2D eigenvalue weighted by atomic mass is 35.5. The van der Waals surface area contributed by atoms with Crippen molar-refractivity contribution >= 4 is 50.9 Å². The molecule has 0 atom stereocenters. The molecule has 9 nitrogen and oxygen atoms in total. The molecule has 3 rings (SSSR count). The molecule has 0 heterocycles. The first-order valence-electron chi connectivity index (χ1n) is 9.52. The number of halogens is 2. The third kappa shape index (κ3) is 6.19. The number of nitrogens with two attached hydrogens (primary N) is 1. The molecule has 1 fully saturated rings. The van der Waals surface area contributed by atoms with E-state index in [1.54, 1.807) is 12.1 Å². The lowest BCUT2D eigenvalue weighted by atomic mass is 10.1. The summed E-state index contributed by atoms with van der Waals surface area (Å²) in [4.78, 5) is 35.0. The fourth-order valence-corrected chi connectivity index (χ4v) is 4.88. The van der Waals surface area contributed by atoms with E-state index in [1.165, 1.54) is 18.2 Å². The van der Waals surface area contributed by atoms with Crippen LogP contribution >= 0.6 is 23.2 Å². The molecular formula is C20H20Cl2N4O5S. The zero-order valence-electron chi connectivity index (χ0n) is 16.7. The molecule has 12 heteroatoms. The standard InChI is InChI=1S/C20H20Cl2N4O5S/c21-15-8-16(22)17(32(30,31)26-13-5-6-13)7-14(15)20(29)24-9-11-1-3-12(4-2-11)19(28)25-10-18(23)27/h1-4,7-8,13,26H,5-6,9-10H2,(H2,23,27)(H,24,29)(H,25,28). The van der Waals surface area contributed by atoms with Crippen LogP contribution in [0.2, 0.25) is 10.0 Å². The van der Waals surface area contributed by atoms with Crippen LogP contribution in [0, 0.1) is 0 Å². The number of hydrogen-bond acceptors (Lipinski definition) is 5. The average Bonchev–Trinajstić information content (AvgIpc) is 3.53. The van der Waals surface area contributed by atoms with Gasteiger partial charge in [-0.25, -0.2) is 13.1 Å². The van der Waals surface area contributed by atoms with E-state index in [-0.39, 0.29) is 39.6 Å². The van der Waals surface area contributed by atoms with Crippen molar-refractivity contribution in [2.24, 2.45) is 5.73 Å². The van der Waals surface area contributed by atoms with E-state index < -0.39 is 27.7 Å². The Morgan fingerprint density at radius 1 is 0.969 bits per heavy atom. The summed E-state index contributed by atoms with van der Waals surface area (Å²) in [6.07, 6.45) is 1.51. The maximum absolute atomic E-state index is 12.6. The number of primary amides is 1. The predicted octanol–water partition coefficient (Wildman–Crippen LogP) is 1.58. The van der Waals surface area contributed by atoms with E-state index in [2.05, 4.69) is 15.4 Å². The van der Waals surface area contributed by atoms with E-state index in [1.807, 2.05) is 0 Å². The summed E-state index contributed by atoms with van der Waals surface area (Å²) in [6, 6.07) is 8.56. The summed E-state index contributed by atoms with van der Waals surface area (Å²) in [6.45, 7) is -0.171. The zero-order chi connectivity index (χ0) is 23.5. The van der Waals surface area contributed by atoms with Crippen molar-refractivity contribution in [3.63, 3.8) is 0 Å². The number of rotatable bonds is 9. The second-order valence-electron chi connectivity index (χ2n) is 7.19. The molecule has 3 amide bonds. The maximum atomic E-state index is 12.6. The Hall–Kier alpha value is -2.66. The van der Waals surface area contributed by atoms with Crippen LogP contribution in [0.25, 0.3) is 0 Å². The number of amides is 3. The van der Waals surface area contributed by atoms with Crippen molar-refractivity contribution < 1.29 is 22.8 Å². The maximum Gasteiger partial charge on any atom is 0.253 e. The number of sulfonamides is 1. The molecule has 0 bridgehead atoms. The molecule has 0 aromatic heterocycles. The lowest BCUT2D eigenvalue weighted by Crippen LogP contribution is -2.33. The third-order valence-corrected chi connectivity index (χ3v) is 6.85. The Labute approximate surface area is 194 Å². The van der Waals surface area contributed by atoms with Crippen LogP contribution in [-0.2, 0) is 21.4 Å². The van der Waals surface area contributed by atoms with Gasteiger partial charge < -0.3 is 16.4 Å². The lowest BCUT2D eigenvalue weighted by Gasteiger charge is -2.12. The topological polar surface area (TPSA) is 147 Å². The second-order valence-corrected chi connectivity index (χ2v) is 9.68. The lowest BCUT2D eigenvalue weighted by molar-refractivity contribution is -0.117. The second kappa shape index (κ2) is 9.86. The molecule has 0 spiro atoms. The normalized spacial score (nSPS) is 13.4. The van der Waals surface area contributed by atoms with Crippen molar-refractivity contribution in [2.45, 2.75) is 30.3 Å². The highest BCUT2D eigenvalue weighted by molar-refractivity contribution is 7.89. The first kappa shape index (κ1) is 24.0. The smallest absolute Gasteiger partial charge is 0.253 e. The zero-order valence-corrected chi connectivity index (χ0v) is 19.0. The van der Waals surface area contributed by atoms with Crippen molar-refractivity contribution in [3.8, 4) is 0 Å². The minimum Gasteiger partial charge on any atom is -0.368 e. The van der Waals surface area contributed by atoms with Gasteiger partial charge in [-0.15, -0.1) is 0 Å². The van der Waals surface area contributed by atoms with E-state index in [0.29, 0.717) is 11.1 Å². The van der Waals surface area contributed by atoms with Crippen LogP contribution in [0.4, 0.5) is 0 Å². The Bertz CT molecular complexity index is 1170. The van der Waals surface area contributed by atoms with Gasteiger partial charge in [0.1, 0.15) is 4.90 Å². The summed E-state index contributed by atoms with van der Waals surface area (Å²) >= 11 is 12.2. The van der Waals surface area contributed by atoms with Crippen LogP contribution in [0.3, 0.4) is 0 Å². The fraction of sp³-hybridized carbons (Fsp3) is 0.250. The van der Waals surface area contributed by atoms with Gasteiger partial charge >= 0.3 is 0 Å². The van der Waals surface area contributed by atoms with Crippen LogP contribution in [0.5, 0.6) is 0 Å². The molecule has 1 saturated carbocycles. The Morgan fingerprint density at radius 2 is 1.62 bits per heavy atom. The largest absolute Gasteiger partial charge is 0.368 e. The van der Waals surface area contributed by atoms with Gasteiger partial charge in [0.25, 0.3) is 11.8 Å². The average molecular weight is 499 g/mol. The molecule has 0 saturated heterocycles. The third-order valence-electron chi connectivity index (χ3n) is 4.55. The quantitative estimate of drug-likeness (QED) is 0.414. The first-order valence-corrected chi connectivity index (χ1v) is 11.8. The van der Waals surface area contributed by atoms with Crippen LogP contribution in [0.1, 0.15) is 39.1 Å². The summed E-state index contributed by atoms with van der Waals surface area (Å²) in [5, 5.41) is 4.96. The molecular weight excluding hydrogens is 479 g/mol. The van der Waals surface area contributed by atoms with Crippen molar-refractivity contribution in [1.29, 1.82) is 0 Å². The van der Waals surface area contributed by atoms with E-state index in [4.69, 9.17) is 28.9 Å². The number of benzene rings is 2. The number of nitrogens with one attached hydrogen (secondary N) is 3. The first-order chi connectivity index (χ1) is 15.1. The van der Waals surface area contributed by atoms with Crippen LogP contribution < -0.4 is 21.1 Å². The van der Waals surface area contributed by atoms with E-state index in [9.17, 15) is 22.8 Å². The van der Waals surface area contributed by atoms with Gasteiger partial charge in [-0.1, -0.05) is 35.3 Å². The van der Waals surface area contributed by atoms with Gasteiger partial charge in [0.05, 0.1) is 22.2 Å². The van der Waals surface area contributed by atoms with E-state index >= 15 is 0 Å². The van der Waals surface area contributed by atoms with Gasteiger partial charge in [-0.05, 0) is 42.7 Å². The molecule has 170 valence electrons. The summed E-state index contributed by atoms with van der Waals surface area (Å²) in [5.74, 6) is -1.70. The minimum atomic E-state index is -3.88. The number of carbonyl (C=O) groups is 3. The molecule has 32 heavy (non-hydrogen) atoms. The summed E-state index contributed by atoms with van der Waals surface area (Å²) in [7, 11) is -3.88. The minimum absolute atomic E-state index is 0.0133. The molecule has 2 aromatic rings. The molecule has 1 aliphatic rings. The molecule has 2 aromatic carbocycles. The van der Waals surface area contributed by atoms with Crippen molar-refractivity contribution in [2.75, 3.05) is 6.54 Å². The Morgan fingerprint density at radius 3 is 2.22 bits per heavy atom. The van der Waals surface area contributed by atoms with Gasteiger partial charge in [0.2, 0.25) is 15.9 Å². The van der Waals surface area contributed by atoms with Crippen molar-refractivity contribution in [3.05, 3.63) is 63.1 Å². The Kier molecular flexibility index (Phi) is 7.40. The molecule has 0 radical (unpaired) electrons. The molecule has 0 unspecified atom stereocenters. The van der Waals surface area contributed by atoms with Gasteiger partial charge in [0, 0.05) is 18.2 Å². The number of hydrogen-bond donors (Lipinski definition) is 4. The highest BCUT2D eigenvalue weighted by Crippen LogP contribution is 2.30. The van der Waals surface area contributed by atoms with Gasteiger partial charge in [-0.3, -0.25) is 14.4 Å². The fourth-order valence-electron chi connectivity index (χ4n) is 2.71. The molecule has 1 aliphatic carbocycles. The van der Waals surface area contributed by atoms with E-state index in [0.717, 1.165) is 18.9 Å². The molecule has 5 N–H and O–H groups in total. The Balaban J connectivity index is 1.67. The van der Waals surface area contributed by atoms with Gasteiger partial charge in [-0.2, -0.15) is 0 Å². The predicted molar refractivity (Wildman–Crippen MR) is 119 cm³/mol. The summed E-state index contributed by atoms with van der Waals surface area (Å²) in [5.41, 5.74) is 5.95. The molecule has 0 aliphatic heterocycles. The highest BCUT2D eigenvalue weighted by Gasteiger charge is 2.30. The van der Waals surface area contributed by atoms with Gasteiger partial charge in [0.15, 0.2) is 0 Å². The monoisotopic (exact) mass is 498 g/mol. The van der Waals surface area contributed by atoms with Crippen LogP contribution in [0.15, 0.2) is 41.3 Å². The number of carbonyl (C=O) groups excluding carboxylic acids is 3.